The Morgan fingerprint density at radius 3 is 2.15 bits per heavy atom. The summed E-state index contributed by atoms with van der Waals surface area (Å²) in [7, 11) is 0. The van der Waals surface area contributed by atoms with Gasteiger partial charge < -0.3 is 20.1 Å². The average molecular weight is 511 g/mol. The van der Waals surface area contributed by atoms with E-state index >= 15 is 0 Å². The van der Waals surface area contributed by atoms with Gasteiger partial charge in [0.2, 0.25) is 5.91 Å². The van der Waals surface area contributed by atoms with E-state index in [9.17, 15) is 14.4 Å². The van der Waals surface area contributed by atoms with Gasteiger partial charge in [-0.3, -0.25) is 9.59 Å². The van der Waals surface area contributed by atoms with Gasteiger partial charge in [-0.1, -0.05) is 46.3 Å². The Kier molecular flexibility index (Phi) is 8.60. The van der Waals surface area contributed by atoms with Crippen molar-refractivity contribution in [2.75, 3.05) is 17.2 Å². The van der Waals surface area contributed by atoms with Crippen LogP contribution in [0, 0.1) is 0 Å². The number of halogens is 1. The fraction of sp³-hybridized carbons (Fsp3) is 0.160. The van der Waals surface area contributed by atoms with Gasteiger partial charge in [0.15, 0.2) is 0 Å². The van der Waals surface area contributed by atoms with E-state index in [1.807, 2.05) is 24.3 Å². The van der Waals surface area contributed by atoms with Gasteiger partial charge in [-0.2, -0.15) is 0 Å². The first-order valence-corrected chi connectivity index (χ1v) is 11.1. The number of para-hydroxylation sites is 2. The summed E-state index contributed by atoms with van der Waals surface area (Å²) < 4.78 is 10.7. The molecule has 0 aromatic heterocycles. The number of hydrogen-bond acceptors (Lipinski definition) is 5. The highest BCUT2D eigenvalue weighted by molar-refractivity contribution is 9.10. The minimum atomic E-state index is -0.806. The van der Waals surface area contributed by atoms with Gasteiger partial charge in [0.25, 0.3) is 5.91 Å². The predicted molar refractivity (Wildman–Crippen MR) is 130 cm³/mol. The first-order chi connectivity index (χ1) is 16.0. The maximum atomic E-state index is 12.7. The van der Waals surface area contributed by atoms with Crippen LogP contribution in [0.2, 0.25) is 0 Å². The Hall–Kier alpha value is -3.65. The Bertz CT molecular complexity index is 1130. The molecule has 0 unspecified atom stereocenters. The smallest absolute Gasteiger partial charge is 0.434 e. The molecule has 7 nitrogen and oxygen atoms in total. The van der Waals surface area contributed by atoms with Crippen molar-refractivity contribution in [2.45, 2.75) is 19.8 Å². The lowest BCUT2D eigenvalue weighted by Crippen LogP contribution is -2.17. The zero-order valence-electron chi connectivity index (χ0n) is 18.0. The van der Waals surface area contributed by atoms with Crippen molar-refractivity contribution in [3.8, 4) is 5.75 Å². The summed E-state index contributed by atoms with van der Waals surface area (Å²) in [6, 6.07) is 20.8. The van der Waals surface area contributed by atoms with Crippen LogP contribution in [0.3, 0.4) is 0 Å². The minimum absolute atomic E-state index is 0.159. The molecule has 0 aliphatic rings. The van der Waals surface area contributed by atoms with Crippen LogP contribution in [0.5, 0.6) is 5.75 Å². The molecular formula is C25H23BrN2O5. The Balaban J connectivity index is 1.60. The second-order valence-corrected chi connectivity index (χ2v) is 7.80. The molecule has 8 heteroatoms. The fourth-order valence-electron chi connectivity index (χ4n) is 2.98. The number of anilines is 2. The van der Waals surface area contributed by atoms with E-state index in [1.54, 1.807) is 31.2 Å². The number of carbonyl (C=O) groups is 3. The molecule has 33 heavy (non-hydrogen) atoms. The molecule has 2 N–H and O–H groups in total. The Morgan fingerprint density at radius 2 is 1.48 bits per heavy atom. The van der Waals surface area contributed by atoms with Crippen LogP contribution in [0.25, 0.3) is 0 Å². The number of rotatable bonds is 8. The maximum absolute atomic E-state index is 12.7. The van der Waals surface area contributed by atoms with Gasteiger partial charge >= 0.3 is 6.16 Å². The fourth-order valence-corrected chi connectivity index (χ4v) is 3.46. The van der Waals surface area contributed by atoms with E-state index < -0.39 is 6.16 Å². The third-order valence-electron chi connectivity index (χ3n) is 4.61. The zero-order chi connectivity index (χ0) is 23.6. The third-order valence-corrected chi connectivity index (χ3v) is 5.38. The molecule has 0 spiro atoms. The van der Waals surface area contributed by atoms with Gasteiger partial charge in [0, 0.05) is 16.5 Å². The normalized spacial score (nSPS) is 10.2. The van der Waals surface area contributed by atoms with E-state index in [-0.39, 0.29) is 24.2 Å². The SMILES string of the molecule is CCOC(=O)Oc1ccc(C(=O)Nc2ccccc2NC(=O)CCc2ccccc2Br)cc1. The lowest BCUT2D eigenvalue weighted by molar-refractivity contribution is -0.116. The summed E-state index contributed by atoms with van der Waals surface area (Å²) >= 11 is 3.49. The average Bonchev–Trinajstić information content (AvgIpc) is 2.80. The predicted octanol–water partition coefficient (Wildman–Crippen LogP) is 5.81. The van der Waals surface area contributed by atoms with E-state index in [0.717, 1.165) is 10.0 Å². The molecule has 0 heterocycles. The molecule has 0 saturated carbocycles. The van der Waals surface area contributed by atoms with Crippen molar-refractivity contribution in [3.63, 3.8) is 0 Å². The number of aryl methyl sites for hydroxylation is 1. The van der Waals surface area contributed by atoms with Crippen LogP contribution in [-0.2, 0) is 16.0 Å². The van der Waals surface area contributed by atoms with Crippen molar-refractivity contribution in [2.24, 2.45) is 0 Å². The quantitative estimate of drug-likeness (QED) is 0.294. The van der Waals surface area contributed by atoms with E-state index in [1.165, 1.54) is 24.3 Å². The highest BCUT2D eigenvalue weighted by atomic mass is 79.9. The first kappa shape index (κ1) is 24.0. The first-order valence-electron chi connectivity index (χ1n) is 10.3. The molecular weight excluding hydrogens is 488 g/mol. The van der Waals surface area contributed by atoms with Crippen molar-refractivity contribution in [1.82, 2.24) is 0 Å². The molecule has 0 fully saturated rings. The molecule has 0 bridgehead atoms. The molecule has 2 amide bonds. The second-order valence-electron chi connectivity index (χ2n) is 6.95. The van der Waals surface area contributed by atoms with Gasteiger partial charge in [0.1, 0.15) is 5.75 Å². The maximum Gasteiger partial charge on any atom is 0.513 e. The Labute approximate surface area is 200 Å². The highest BCUT2D eigenvalue weighted by Gasteiger charge is 2.12. The number of nitrogens with one attached hydrogen (secondary N) is 2. The molecule has 0 saturated heterocycles. The number of carbonyl (C=O) groups excluding carboxylic acids is 3. The molecule has 0 aliphatic heterocycles. The lowest BCUT2D eigenvalue weighted by atomic mass is 10.1. The number of benzene rings is 3. The van der Waals surface area contributed by atoms with Gasteiger partial charge in [0.05, 0.1) is 18.0 Å². The molecule has 0 aliphatic carbocycles. The lowest BCUT2D eigenvalue weighted by Gasteiger charge is -2.13. The molecule has 0 radical (unpaired) electrons. The van der Waals surface area contributed by atoms with Gasteiger partial charge in [-0.05, 0) is 61.4 Å². The van der Waals surface area contributed by atoms with Crippen molar-refractivity contribution < 1.29 is 23.9 Å². The van der Waals surface area contributed by atoms with E-state index in [4.69, 9.17) is 9.47 Å². The summed E-state index contributed by atoms with van der Waals surface area (Å²) in [4.78, 5) is 36.5. The standard InChI is InChI=1S/C25H23BrN2O5/c1-2-32-25(31)33-19-14-11-18(12-15-19)24(30)28-22-10-6-5-9-21(22)27-23(29)16-13-17-7-3-4-8-20(17)26/h3-12,14-15H,2,13,16H2,1H3,(H,27,29)(H,28,30). The van der Waals surface area contributed by atoms with Crippen LogP contribution in [0.15, 0.2) is 77.3 Å². The molecule has 3 aromatic carbocycles. The molecule has 0 atom stereocenters. The van der Waals surface area contributed by atoms with Crippen LogP contribution in [0.1, 0.15) is 29.3 Å². The van der Waals surface area contributed by atoms with Crippen LogP contribution in [-0.4, -0.2) is 24.6 Å². The summed E-state index contributed by atoms with van der Waals surface area (Å²) in [6.07, 6.45) is 0.0773. The van der Waals surface area contributed by atoms with Crippen molar-refractivity contribution >= 4 is 45.3 Å². The van der Waals surface area contributed by atoms with Crippen molar-refractivity contribution in [1.29, 1.82) is 0 Å². The summed E-state index contributed by atoms with van der Waals surface area (Å²) in [5, 5.41) is 5.66. The van der Waals surface area contributed by atoms with Gasteiger partial charge in [-0.15, -0.1) is 0 Å². The number of ether oxygens (including phenoxy) is 2. The van der Waals surface area contributed by atoms with Gasteiger partial charge in [-0.25, -0.2) is 4.79 Å². The third kappa shape index (κ3) is 7.18. The molecule has 3 rings (SSSR count). The number of amides is 2. The number of hydrogen-bond donors (Lipinski definition) is 2. The summed E-state index contributed by atoms with van der Waals surface area (Å²) in [5.41, 5.74) is 2.39. The largest absolute Gasteiger partial charge is 0.513 e. The highest BCUT2D eigenvalue weighted by Crippen LogP contribution is 2.23. The summed E-state index contributed by atoms with van der Waals surface area (Å²) in [6.45, 7) is 1.89. The van der Waals surface area contributed by atoms with Crippen LogP contribution in [0.4, 0.5) is 16.2 Å². The minimum Gasteiger partial charge on any atom is -0.434 e. The van der Waals surface area contributed by atoms with E-state index in [0.29, 0.717) is 29.8 Å². The topological polar surface area (TPSA) is 93.7 Å². The van der Waals surface area contributed by atoms with E-state index in [2.05, 4.69) is 26.6 Å². The monoisotopic (exact) mass is 510 g/mol. The molecule has 3 aromatic rings. The van der Waals surface area contributed by atoms with Crippen molar-refractivity contribution in [3.05, 3.63) is 88.4 Å². The Morgan fingerprint density at radius 1 is 0.848 bits per heavy atom. The second kappa shape index (κ2) is 11.8. The van der Waals surface area contributed by atoms with Crippen LogP contribution < -0.4 is 15.4 Å². The van der Waals surface area contributed by atoms with Crippen LogP contribution >= 0.6 is 15.9 Å². The zero-order valence-corrected chi connectivity index (χ0v) is 19.6. The summed E-state index contributed by atoms with van der Waals surface area (Å²) in [5.74, 6) is -0.261. The molecule has 170 valence electrons.